The lowest BCUT2D eigenvalue weighted by molar-refractivity contribution is -0.330. The van der Waals surface area contributed by atoms with Crippen molar-refractivity contribution in [1.82, 2.24) is 14.1 Å². The minimum absolute atomic E-state index is 0.0220. The summed E-state index contributed by atoms with van der Waals surface area (Å²) in [5.41, 5.74) is 6.31. The Bertz CT molecular complexity index is 1760. The topological polar surface area (TPSA) is 107 Å². The molecule has 3 heterocycles. The summed E-state index contributed by atoms with van der Waals surface area (Å²) in [6.45, 7) is -0.739. The third-order valence-electron chi connectivity index (χ3n) is 5.96. The summed E-state index contributed by atoms with van der Waals surface area (Å²) in [6.07, 6.45) is -5.33. The Balaban J connectivity index is 1.94. The van der Waals surface area contributed by atoms with E-state index in [0.29, 0.717) is 28.5 Å². The highest BCUT2D eigenvalue weighted by molar-refractivity contribution is 6.11. The number of pyridine rings is 2. The lowest BCUT2D eigenvalue weighted by atomic mass is 9.94. The minimum atomic E-state index is -4.85. The number of halogens is 6. The van der Waals surface area contributed by atoms with Crippen LogP contribution in [0.4, 0.5) is 26.3 Å². The molecule has 0 aliphatic heterocycles. The van der Waals surface area contributed by atoms with Crippen LogP contribution >= 0.6 is 0 Å². The minimum Gasteiger partial charge on any atom is -0.404 e. The van der Waals surface area contributed by atoms with E-state index < -0.39 is 30.4 Å². The van der Waals surface area contributed by atoms with Crippen LogP contribution in [0.1, 0.15) is 11.3 Å². The summed E-state index contributed by atoms with van der Waals surface area (Å²) in [5.74, 6) is 0. The molecule has 0 radical (unpaired) electrons. The number of H-pyrrole nitrogens is 1. The number of rotatable bonds is 6. The summed E-state index contributed by atoms with van der Waals surface area (Å²) in [5, 5.41) is 0.268. The number of nitrogens with zero attached hydrogens (tertiary/aromatic N) is 3. The van der Waals surface area contributed by atoms with Crippen molar-refractivity contribution in [3.05, 3.63) is 87.0 Å². The van der Waals surface area contributed by atoms with E-state index in [0.717, 1.165) is 6.20 Å². The number of fused-ring (bicyclic) bond motifs is 1. The molecule has 3 aromatic heterocycles. The molecule has 3 N–H and O–H groups in total. The number of nitrogens with two attached hydrogens (primary N) is 1. The number of aromatic nitrogens is 3. The number of benzene rings is 1. The van der Waals surface area contributed by atoms with Gasteiger partial charge in [-0.3, -0.25) is 14.3 Å². The van der Waals surface area contributed by atoms with Crippen LogP contribution in [0.15, 0.2) is 69.6 Å². The van der Waals surface area contributed by atoms with Gasteiger partial charge in [0.2, 0.25) is 0 Å². The molecule has 0 saturated carbocycles. The van der Waals surface area contributed by atoms with Gasteiger partial charge in [0.1, 0.15) is 5.52 Å². The number of aliphatic imine (C=N–C) groups is 1. The van der Waals surface area contributed by atoms with Crippen LogP contribution in [0, 0.1) is 0 Å². The second kappa shape index (κ2) is 10.5. The number of aromatic amines is 1. The van der Waals surface area contributed by atoms with E-state index >= 15 is 0 Å². The smallest absolute Gasteiger partial charge is 0.404 e. The summed E-state index contributed by atoms with van der Waals surface area (Å²) >= 11 is 0. The first-order chi connectivity index (χ1) is 18.7. The number of aryl methyl sites for hydroxylation is 2. The highest BCUT2D eigenvalue weighted by Gasteiger charge is 2.29. The van der Waals surface area contributed by atoms with Crippen molar-refractivity contribution in [3.63, 3.8) is 0 Å². The van der Waals surface area contributed by atoms with Crippen molar-refractivity contribution < 1.29 is 31.1 Å². The van der Waals surface area contributed by atoms with Crippen molar-refractivity contribution in [3.8, 4) is 22.3 Å². The highest BCUT2D eigenvalue weighted by Crippen LogP contribution is 2.36. The van der Waals surface area contributed by atoms with Gasteiger partial charge in [-0.25, -0.2) is 0 Å². The lowest BCUT2D eigenvalue weighted by Gasteiger charge is -2.15. The van der Waals surface area contributed by atoms with Gasteiger partial charge in [0.25, 0.3) is 11.1 Å². The molecule has 210 valence electrons. The fourth-order valence-corrected chi connectivity index (χ4v) is 4.13. The lowest BCUT2D eigenvalue weighted by Crippen LogP contribution is -2.18. The molecular formula is C26H21F6N5O3. The van der Waals surface area contributed by atoms with Crippen LogP contribution < -0.4 is 16.9 Å². The summed E-state index contributed by atoms with van der Waals surface area (Å²) in [4.78, 5) is 30.9. The fourth-order valence-electron chi connectivity index (χ4n) is 4.13. The Morgan fingerprint density at radius 2 is 1.70 bits per heavy atom. The number of alkyl halides is 6. The molecule has 0 saturated heterocycles. The van der Waals surface area contributed by atoms with Crippen LogP contribution in [0.3, 0.4) is 0 Å². The molecular weight excluding hydrogens is 544 g/mol. The predicted molar refractivity (Wildman–Crippen MR) is 137 cm³/mol. The Labute approximate surface area is 221 Å². The van der Waals surface area contributed by atoms with E-state index in [9.17, 15) is 35.9 Å². The molecule has 0 bridgehead atoms. The van der Waals surface area contributed by atoms with E-state index in [4.69, 9.17) is 5.73 Å². The molecule has 40 heavy (non-hydrogen) atoms. The van der Waals surface area contributed by atoms with E-state index in [1.807, 2.05) is 0 Å². The van der Waals surface area contributed by atoms with Gasteiger partial charge in [-0.2, -0.15) is 4.99 Å². The van der Waals surface area contributed by atoms with Crippen LogP contribution in [-0.4, -0.2) is 33.0 Å². The number of hydrogen-bond donors (Lipinski definition) is 2. The van der Waals surface area contributed by atoms with Crippen molar-refractivity contribution in [2.75, 3.05) is 0 Å². The molecule has 8 nitrogen and oxygen atoms in total. The maximum atomic E-state index is 12.9. The van der Waals surface area contributed by atoms with Crippen LogP contribution in [0.5, 0.6) is 0 Å². The van der Waals surface area contributed by atoms with Gasteiger partial charge in [-0.1, -0.05) is 18.2 Å². The third-order valence-corrected chi connectivity index (χ3v) is 5.96. The number of nitrogens with one attached hydrogen (secondary N) is 1. The van der Waals surface area contributed by atoms with Crippen molar-refractivity contribution in [2.24, 2.45) is 24.8 Å². The zero-order valence-corrected chi connectivity index (χ0v) is 20.9. The monoisotopic (exact) mass is 565 g/mol. The molecule has 1 aromatic carbocycles. The molecule has 0 fully saturated rings. The van der Waals surface area contributed by atoms with E-state index in [1.54, 1.807) is 6.07 Å². The first kappa shape index (κ1) is 28.4. The first-order valence-corrected chi connectivity index (χ1v) is 11.4. The Morgan fingerprint density at radius 1 is 1.00 bits per heavy atom. The van der Waals surface area contributed by atoms with Gasteiger partial charge in [0.15, 0.2) is 0 Å². The summed E-state index contributed by atoms with van der Waals surface area (Å²) in [7, 11) is 2.95. The van der Waals surface area contributed by atoms with Crippen LogP contribution in [-0.2, 0) is 25.4 Å². The molecule has 0 aliphatic carbocycles. The quantitative estimate of drug-likeness (QED) is 0.199. The molecule has 14 heteroatoms. The van der Waals surface area contributed by atoms with E-state index in [-0.39, 0.29) is 27.7 Å². The Morgan fingerprint density at radius 3 is 2.35 bits per heavy atom. The summed E-state index contributed by atoms with van der Waals surface area (Å²) < 4.78 is 82.2. The van der Waals surface area contributed by atoms with Gasteiger partial charge in [-0.05, 0) is 28.8 Å². The normalized spacial score (nSPS) is 13.1. The van der Waals surface area contributed by atoms with Gasteiger partial charge < -0.3 is 19.9 Å². The third kappa shape index (κ3) is 6.17. The van der Waals surface area contributed by atoms with Crippen molar-refractivity contribution in [1.29, 1.82) is 0 Å². The van der Waals surface area contributed by atoms with Crippen LogP contribution in [0.2, 0.25) is 0 Å². The predicted octanol–water partition coefficient (Wildman–Crippen LogP) is 4.83. The Kier molecular flexibility index (Phi) is 7.48. The van der Waals surface area contributed by atoms with Crippen molar-refractivity contribution >= 4 is 22.7 Å². The van der Waals surface area contributed by atoms with E-state index in [1.165, 1.54) is 66.0 Å². The highest BCUT2D eigenvalue weighted by atomic mass is 19.4. The molecule has 0 unspecified atom stereocenters. The van der Waals surface area contributed by atoms with E-state index in [2.05, 4.69) is 14.7 Å². The molecule has 0 spiro atoms. The second-order valence-corrected chi connectivity index (χ2v) is 8.76. The maximum absolute atomic E-state index is 12.9. The molecule has 4 rings (SSSR count). The standard InChI is InChI=1S/C26H21F6N5O3/c1-36-11-19(15-5-3-4-14(6-15)13-40-26(30,31)32)17(8-22(36)38)20-12-37(2)24(39)23-18(20)7-21(35-23)16(9-33)10-34-25(27,28)29/h3-12,35H,13,33H2,1-2H3. The summed E-state index contributed by atoms with van der Waals surface area (Å²) in [6, 6.07) is 8.78. The molecule has 0 atom stereocenters. The average Bonchev–Trinajstić information content (AvgIpc) is 3.31. The van der Waals surface area contributed by atoms with Gasteiger partial charge in [0.05, 0.1) is 6.61 Å². The molecule has 0 amide bonds. The van der Waals surface area contributed by atoms with Gasteiger partial charge in [0, 0.05) is 72.8 Å². The number of hydrogen-bond acceptors (Lipinski definition) is 5. The average molecular weight is 565 g/mol. The molecule has 0 aliphatic rings. The van der Waals surface area contributed by atoms with Gasteiger partial charge >= 0.3 is 12.7 Å². The number of ether oxygens (including phenoxy) is 1. The zero-order chi connectivity index (χ0) is 29.4. The number of allylic oxidation sites excluding steroid dienone is 1. The zero-order valence-electron chi connectivity index (χ0n) is 20.9. The Hall–Kier alpha value is -4.59. The van der Waals surface area contributed by atoms with Crippen molar-refractivity contribution in [2.45, 2.75) is 19.3 Å². The first-order valence-electron chi connectivity index (χ1n) is 11.4. The fraction of sp³-hybridized carbons (Fsp3) is 0.192. The van der Waals surface area contributed by atoms with Gasteiger partial charge in [-0.15, -0.1) is 26.3 Å². The second-order valence-electron chi connectivity index (χ2n) is 8.76. The molecule has 4 aromatic rings. The largest absolute Gasteiger partial charge is 0.522 e. The SMILES string of the molecule is Cn1cc(-c2cccc(COC(F)(F)F)c2)c(-c2cn(C)c(=O)c3[nH]c(C(C=NC(F)(F)F)=CN)cc23)cc1=O. The maximum Gasteiger partial charge on any atom is 0.522 e. The van der Waals surface area contributed by atoms with Crippen LogP contribution in [0.25, 0.3) is 38.7 Å².